The van der Waals surface area contributed by atoms with E-state index in [2.05, 4.69) is 49.5 Å². The third-order valence-electron chi connectivity index (χ3n) is 5.36. The lowest BCUT2D eigenvalue weighted by Crippen LogP contribution is -2.37. The summed E-state index contributed by atoms with van der Waals surface area (Å²) < 4.78 is 5.98. The fourth-order valence-electron chi connectivity index (χ4n) is 4.21. The molecule has 0 amide bonds. The molecule has 5 atom stereocenters. The average molecular weight is 281 g/mol. The lowest BCUT2D eigenvalue weighted by atomic mass is 9.87. The summed E-state index contributed by atoms with van der Waals surface area (Å²) in [6.07, 6.45) is 7.57. The molecule has 0 aliphatic heterocycles. The predicted molar refractivity (Wildman–Crippen MR) is 86.1 cm³/mol. The number of hydrogen-bond acceptors (Lipinski definition) is 2. The first-order chi connectivity index (χ1) is 10.2. The van der Waals surface area contributed by atoms with Crippen LogP contribution in [0.3, 0.4) is 0 Å². The molecule has 5 unspecified atom stereocenters. The lowest BCUT2D eigenvalue weighted by Gasteiger charge is -2.28. The van der Waals surface area contributed by atoms with Gasteiger partial charge in [0.25, 0.3) is 0 Å². The van der Waals surface area contributed by atoms with Crippen molar-refractivity contribution in [2.45, 2.75) is 38.8 Å². The van der Waals surface area contributed by atoms with Crippen LogP contribution in [0.1, 0.15) is 38.5 Å². The molecular weight excluding hydrogens is 258 g/mol. The molecule has 110 valence electrons. The molecule has 2 aliphatic carbocycles. The van der Waals surface area contributed by atoms with Crippen LogP contribution in [0.25, 0.3) is 11.0 Å². The van der Waals surface area contributed by atoms with Gasteiger partial charge in [-0.1, -0.05) is 30.4 Å². The Morgan fingerprint density at radius 1 is 1.14 bits per heavy atom. The molecule has 1 N–H and O–H groups in total. The maximum absolute atomic E-state index is 5.98. The third-order valence-corrected chi connectivity index (χ3v) is 5.36. The van der Waals surface area contributed by atoms with E-state index < -0.39 is 0 Å². The van der Waals surface area contributed by atoms with Crippen LogP contribution in [0, 0.1) is 17.8 Å². The molecular formula is C19H23NO. The molecule has 1 aromatic carbocycles. The van der Waals surface area contributed by atoms with Crippen molar-refractivity contribution in [2.24, 2.45) is 17.8 Å². The van der Waals surface area contributed by atoms with Crippen LogP contribution in [-0.2, 0) is 0 Å². The quantitative estimate of drug-likeness (QED) is 0.823. The van der Waals surface area contributed by atoms with Gasteiger partial charge in [-0.05, 0) is 56.6 Å². The molecule has 0 radical (unpaired) electrons. The van der Waals surface area contributed by atoms with Crippen molar-refractivity contribution in [1.29, 1.82) is 0 Å². The van der Waals surface area contributed by atoms with Crippen LogP contribution < -0.4 is 5.32 Å². The topological polar surface area (TPSA) is 25.2 Å². The van der Waals surface area contributed by atoms with Crippen LogP contribution in [0.15, 0.2) is 46.9 Å². The van der Waals surface area contributed by atoms with Crippen molar-refractivity contribution in [3.8, 4) is 0 Å². The molecule has 2 aliphatic rings. The zero-order valence-electron chi connectivity index (χ0n) is 12.8. The van der Waals surface area contributed by atoms with Gasteiger partial charge in [-0.2, -0.15) is 0 Å². The summed E-state index contributed by atoms with van der Waals surface area (Å²) in [5.74, 6) is 3.46. The lowest BCUT2D eigenvalue weighted by molar-refractivity contribution is 0.294. The standard InChI is InChI=1S/C19H23NO/c1-12(17-10-14-7-8-15(17)9-14)20-13(2)19-11-16-5-3-4-6-18(16)21-19/h3-8,11-15,17,20H,9-10H2,1-2H3. The highest BCUT2D eigenvalue weighted by atomic mass is 16.3. The van der Waals surface area contributed by atoms with Gasteiger partial charge in [-0.3, -0.25) is 0 Å². The molecule has 2 nitrogen and oxygen atoms in total. The average Bonchev–Trinajstić information content (AvgIpc) is 3.21. The highest BCUT2D eigenvalue weighted by Gasteiger charge is 2.38. The number of allylic oxidation sites excluding steroid dienone is 2. The molecule has 2 aromatic rings. The number of furan rings is 1. The minimum atomic E-state index is 0.260. The highest BCUT2D eigenvalue weighted by molar-refractivity contribution is 5.77. The molecule has 4 rings (SSSR count). The van der Waals surface area contributed by atoms with Crippen LogP contribution in [-0.4, -0.2) is 6.04 Å². The molecule has 1 heterocycles. The molecule has 2 heteroatoms. The first-order valence-corrected chi connectivity index (χ1v) is 8.13. The van der Waals surface area contributed by atoms with Gasteiger partial charge < -0.3 is 9.73 Å². The largest absolute Gasteiger partial charge is 0.459 e. The summed E-state index contributed by atoms with van der Waals surface area (Å²) in [5.41, 5.74) is 0.983. The first-order valence-electron chi connectivity index (χ1n) is 8.13. The summed E-state index contributed by atoms with van der Waals surface area (Å²) in [4.78, 5) is 0. The van der Waals surface area contributed by atoms with Crippen molar-refractivity contribution >= 4 is 11.0 Å². The Morgan fingerprint density at radius 2 is 2.00 bits per heavy atom. The fraction of sp³-hybridized carbons (Fsp3) is 0.474. The van der Waals surface area contributed by atoms with Crippen molar-refractivity contribution in [3.63, 3.8) is 0 Å². The number of rotatable bonds is 4. The van der Waals surface area contributed by atoms with Crippen molar-refractivity contribution in [1.82, 2.24) is 5.32 Å². The van der Waals surface area contributed by atoms with Crippen molar-refractivity contribution in [3.05, 3.63) is 48.2 Å². The van der Waals surface area contributed by atoms with E-state index in [4.69, 9.17) is 4.42 Å². The van der Waals surface area contributed by atoms with Crippen molar-refractivity contribution < 1.29 is 4.42 Å². The van der Waals surface area contributed by atoms with E-state index in [1.807, 2.05) is 12.1 Å². The van der Waals surface area contributed by atoms with Gasteiger partial charge in [-0.15, -0.1) is 0 Å². The summed E-state index contributed by atoms with van der Waals surface area (Å²) in [6.45, 7) is 4.54. The van der Waals surface area contributed by atoms with Gasteiger partial charge in [0.1, 0.15) is 11.3 Å². The molecule has 1 fully saturated rings. The van der Waals surface area contributed by atoms with E-state index >= 15 is 0 Å². The molecule has 0 spiro atoms. The maximum atomic E-state index is 5.98. The second-order valence-electron chi connectivity index (χ2n) is 6.81. The van der Waals surface area contributed by atoms with Crippen molar-refractivity contribution in [2.75, 3.05) is 0 Å². The van der Waals surface area contributed by atoms with Crippen LogP contribution in [0.4, 0.5) is 0 Å². The number of fused-ring (bicyclic) bond motifs is 3. The normalized spacial score (nSPS) is 30.1. The number of benzene rings is 1. The Balaban J connectivity index is 1.47. The maximum Gasteiger partial charge on any atom is 0.134 e. The Kier molecular flexibility index (Phi) is 3.15. The zero-order chi connectivity index (χ0) is 14.4. The molecule has 1 saturated carbocycles. The molecule has 1 aromatic heterocycles. The summed E-state index contributed by atoms with van der Waals surface area (Å²) in [7, 11) is 0. The molecule has 0 saturated heterocycles. The van der Waals surface area contributed by atoms with E-state index in [0.29, 0.717) is 6.04 Å². The Hall–Kier alpha value is -1.54. The third kappa shape index (κ3) is 2.32. The Morgan fingerprint density at radius 3 is 2.71 bits per heavy atom. The SMILES string of the molecule is CC(NC(C)C1CC2C=CC1C2)c1cc2ccccc2o1. The van der Waals surface area contributed by atoms with Crippen LogP contribution in [0.5, 0.6) is 0 Å². The van der Waals surface area contributed by atoms with E-state index in [9.17, 15) is 0 Å². The number of para-hydroxylation sites is 1. The minimum absolute atomic E-state index is 0.260. The van der Waals surface area contributed by atoms with E-state index in [1.54, 1.807) is 0 Å². The molecule has 2 bridgehead atoms. The Labute approximate surface area is 126 Å². The predicted octanol–water partition coefficient (Wildman–Crippen LogP) is 4.68. The van der Waals surface area contributed by atoms with Gasteiger partial charge in [0, 0.05) is 11.4 Å². The van der Waals surface area contributed by atoms with Gasteiger partial charge in [0.2, 0.25) is 0 Å². The first kappa shape index (κ1) is 13.1. The smallest absolute Gasteiger partial charge is 0.134 e. The van der Waals surface area contributed by atoms with Gasteiger partial charge >= 0.3 is 0 Å². The molecule has 21 heavy (non-hydrogen) atoms. The van der Waals surface area contributed by atoms with Gasteiger partial charge in [0.15, 0.2) is 0 Å². The summed E-state index contributed by atoms with van der Waals surface area (Å²) >= 11 is 0. The van der Waals surface area contributed by atoms with E-state index in [0.717, 1.165) is 29.1 Å². The summed E-state index contributed by atoms with van der Waals surface area (Å²) in [6, 6.07) is 11.2. The van der Waals surface area contributed by atoms with Crippen LogP contribution >= 0.6 is 0 Å². The number of hydrogen-bond donors (Lipinski definition) is 1. The zero-order valence-corrected chi connectivity index (χ0v) is 12.8. The second-order valence-corrected chi connectivity index (χ2v) is 6.81. The fourth-order valence-corrected chi connectivity index (χ4v) is 4.21. The van der Waals surface area contributed by atoms with Gasteiger partial charge in [-0.25, -0.2) is 0 Å². The van der Waals surface area contributed by atoms with E-state index in [1.165, 1.54) is 18.2 Å². The minimum Gasteiger partial charge on any atom is -0.459 e. The second kappa shape index (κ2) is 5.03. The number of nitrogens with one attached hydrogen (secondary N) is 1. The summed E-state index contributed by atoms with van der Waals surface area (Å²) in [5, 5.41) is 4.95. The van der Waals surface area contributed by atoms with Gasteiger partial charge in [0.05, 0.1) is 6.04 Å². The van der Waals surface area contributed by atoms with E-state index in [-0.39, 0.29) is 6.04 Å². The Bertz CT molecular complexity index is 638. The monoisotopic (exact) mass is 281 g/mol. The van der Waals surface area contributed by atoms with Crippen LogP contribution in [0.2, 0.25) is 0 Å². The highest BCUT2D eigenvalue weighted by Crippen LogP contribution is 2.45.